The van der Waals surface area contributed by atoms with E-state index in [1.54, 1.807) is 0 Å². The third kappa shape index (κ3) is 2.08. The predicted octanol–water partition coefficient (Wildman–Crippen LogP) is 7.28. The molecule has 0 saturated heterocycles. The summed E-state index contributed by atoms with van der Waals surface area (Å²) in [6.45, 7) is 0. The van der Waals surface area contributed by atoms with Crippen molar-refractivity contribution in [3.8, 4) is 33.4 Å². The molecule has 0 bridgehead atoms. The molecule has 0 aliphatic heterocycles. The second kappa shape index (κ2) is 6.21. The predicted molar refractivity (Wildman–Crippen MR) is 133 cm³/mol. The Labute approximate surface area is 194 Å². The molecule has 1 spiro atoms. The van der Waals surface area contributed by atoms with Crippen LogP contribution in [0.3, 0.4) is 0 Å². The van der Waals surface area contributed by atoms with Gasteiger partial charge in [-0.05, 0) is 73.8 Å². The fourth-order valence-corrected chi connectivity index (χ4v) is 5.71. The SMILES string of the molecule is [2H]c1c([2H])c([2H])c(-c2ccc3c(c2)C2(c4ccccc4-c4ccccc42)c2cc(N)ccc2-3)c([2H])c1[2H]. The molecule has 0 radical (unpaired) electrons. The van der Waals surface area contributed by atoms with Crippen LogP contribution in [0.5, 0.6) is 0 Å². The first-order valence-electron chi connectivity index (χ1n) is 13.2. The largest absolute Gasteiger partial charge is 0.399 e. The molecule has 32 heavy (non-hydrogen) atoms. The minimum Gasteiger partial charge on any atom is -0.399 e. The molecule has 2 aliphatic rings. The van der Waals surface area contributed by atoms with Crippen LogP contribution in [0, 0.1) is 0 Å². The molecule has 2 aliphatic carbocycles. The van der Waals surface area contributed by atoms with Crippen molar-refractivity contribution in [2.45, 2.75) is 5.41 Å². The van der Waals surface area contributed by atoms with E-state index in [-0.39, 0.29) is 29.7 Å². The smallest absolute Gasteiger partial charge is 0.0726 e. The van der Waals surface area contributed by atoms with Crippen LogP contribution in [0.4, 0.5) is 5.69 Å². The minimum absolute atomic E-state index is 0.202. The van der Waals surface area contributed by atoms with Crippen molar-refractivity contribution in [3.63, 3.8) is 0 Å². The maximum absolute atomic E-state index is 8.57. The zero-order chi connectivity index (χ0) is 25.6. The van der Waals surface area contributed by atoms with Gasteiger partial charge in [0.25, 0.3) is 0 Å². The molecule has 0 heterocycles. The van der Waals surface area contributed by atoms with Gasteiger partial charge in [-0.25, -0.2) is 0 Å². The van der Waals surface area contributed by atoms with Gasteiger partial charge in [0.1, 0.15) is 0 Å². The molecule has 150 valence electrons. The van der Waals surface area contributed by atoms with Crippen molar-refractivity contribution in [1.82, 2.24) is 0 Å². The van der Waals surface area contributed by atoms with Gasteiger partial charge in [-0.1, -0.05) is 96.9 Å². The fourth-order valence-electron chi connectivity index (χ4n) is 5.71. The van der Waals surface area contributed by atoms with Gasteiger partial charge in [-0.2, -0.15) is 0 Å². The second-order valence-corrected chi connectivity index (χ2v) is 8.41. The van der Waals surface area contributed by atoms with Crippen molar-refractivity contribution in [3.05, 3.63) is 137 Å². The summed E-state index contributed by atoms with van der Waals surface area (Å²) in [7, 11) is 0. The standard InChI is InChI=1S/C31H21N/c32-22-15-17-26-25-16-14-21(20-8-2-1-3-9-20)18-29(25)31(30(26)19-22)27-12-6-4-10-23(27)24-11-5-7-13-28(24)31/h1-19H,32H2/i1D,2D,3D,8D,9D. The summed E-state index contributed by atoms with van der Waals surface area (Å²) in [6.07, 6.45) is 0. The Morgan fingerprint density at radius 3 is 1.78 bits per heavy atom. The van der Waals surface area contributed by atoms with Crippen molar-refractivity contribution in [2.24, 2.45) is 0 Å². The highest BCUT2D eigenvalue weighted by Crippen LogP contribution is 2.63. The van der Waals surface area contributed by atoms with Crippen LogP contribution in [0.25, 0.3) is 33.4 Å². The Hall–Kier alpha value is -4.10. The lowest BCUT2D eigenvalue weighted by Gasteiger charge is -2.30. The highest BCUT2D eigenvalue weighted by molar-refractivity contribution is 5.96. The number of hydrogen-bond donors (Lipinski definition) is 1. The van der Waals surface area contributed by atoms with Crippen LogP contribution >= 0.6 is 0 Å². The van der Waals surface area contributed by atoms with Gasteiger partial charge in [0.2, 0.25) is 0 Å². The number of nitrogen functional groups attached to an aromatic ring is 1. The molecule has 0 saturated carbocycles. The summed E-state index contributed by atoms with van der Waals surface area (Å²) in [5, 5.41) is 0. The Morgan fingerprint density at radius 1 is 0.531 bits per heavy atom. The first-order valence-corrected chi connectivity index (χ1v) is 10.7. The number of hydrogen-bond acceptors (Lipinski definition) is 1. The Balaban J connectivity index is 1.63. The first kappa shape index (κ1) is 13.3. The van der Waals surface area contributed by atoms with E-state index < -0.39 is 11.5 Å². The molecule has 5 aromatic rings. The average Bonchev–Trinajstić information content (AvgIpc) is 3.37. The highest BCUT2D eigenvalue weighted by Gasteiger charge is 2.51. The van der Waals surface area contributed by atoms with Gasteiger partial charge >= 0.3 is 0 Å². The van der Waals surface area contributed by atoms with Crippen LogP contribution in [0.2, 0.25) is 0 Å². The maximum Gasteiger partial charge on any atom is 0.0726 e. The van der Waals surface area contributed by atoms with Gasteiger partial charge in [-0.3, -0.25) is 0 Å². The molecule has 0 fully saturated rings. The lowest BCUT2D eigenvalue weighted by atomic mass is 9.70. The van der Waals surface area contributed by atoms with E-state index >= 15 is 0 Å². The monoisotopic (exact) mass is 412 g/mol. The quantitative estimate of drug-likeness (QED) is 0.282. The first-order chi connectivity index (χ1) is 17.9. The molecular formula is C31H21N. The highest BCUT2D eigenvalue weighted by atomic mass is 14.6. The summed E-state index contributed by atoms with van der Waals surface area (Å²) in [5.41, 5.74) is 16.1. The Morgan fingerprint density at radius 2 is 1.09 bits per heavy atom. The minimum atomic E-state index is -0.628. The Bertz CT molecular complexity index is 1730. The molecular weight excluding hydrogens is 386 g/mol. The number of benzene rings is 5. The van der Waals surface area contributed by atoms with E-state index in [4.69, 9.17) is 12.6 Å². The van der Waals surface area contributed by atoms with Crippen molar-refractivity contribution >= 4 is 5.69 Å². The molecule has 1 heteroatoms. The van der Waals surface area contributed by atoms with E-state index in [1.165, 1.54) is 0 Å². The van der Waals surface area contributed by atoms with Crippen LogP contribution in [-0.4, -0.2) is 0 Å². The third-order valence-corrected chi connectivity index (χ3v) is 6.90. The zero-order valence-corrected chi connectivity index (χ0v) is 17.2. The van der Waals surface area contributed by atoms with Crippen molar-refractivity contribution in [2.75, 3.05) is 5.73 Å². The summed E-state index contributed by atoms with van der Waals surface area (Å²) in [4.78, 5) is 0. The van der Waals surface area contributed by atoms with Gasteiger partial charge in [0.05, 0.1) is 12.3 Å². The van der Waals surface area contributed by atoms with Crippen LogP contribution in [0.1, 0.15) is 29.1 Å². The molecule has 5 aromatic carbocycles. The van der Waals surface area contributed by atoms with Gasteiger partial charge < -0.3 is 5.73 Å². The van der Waals surface area contributed by atoms with Crippen LogP contribution < -0.4 is 5.73 Å². The summed E-state index contributed by atoms with van der Waals surface area (Å²) in [5.74, 6) is 0. The average molecular weight is 413 g/mol. The second-order valence-electron chi connectivity index (χ2n) is 8.41. The lowest BCUT2D eigenvalue weighted by Crippen LogP contribution is -2.26. The number of fused-ring (bicyclic) bond motifs is 10. The van der Waals surface area contributed by atoms with Gasteiger partial charge in [0.15, 0.2) is 0 Å². The van der Waals surface area contributed by atoms with Crippen molar-refractivity contribution < 1.29 is 6.85 Å². The van der Waals surface area contributed by atoms with E-state index in [2.05, 4.69) is 48.5 Å². The van der Waals surface area contributed by atoms with E-state index in [1.807, 2.05) is 36.4 Å². The number of nitrogens with two attached hydrogens (primary N) is 1. The van der Waals surface area contributed by atoms with Crippen LogP contribution in [0.15, 0.2) is 115 Å². The Kier molecular flexibility index (Phi) is 2.59. The van der Waals surface area contributed by atoms with E-state index in [0.29, 0.717) is 11.3 Å². The summed E-state index contributed by atoms with van der Waals surface area (Å²) < 4.78 is 41.6. The lowest BCUT2D eigenvalue weighted by molar-refractivity contribution is 0.794. The zero-order valence-electron chi connectivity index (χ0n) is 22.2. The van der Waals surface area contributed by atoms with Gasteiger partial charge in [0, 0.05) is 5.69 Å². The molecule has 1 nitrogen and oxygen atoms in total. The van der Waals surface area contributed by atoms with E-state index in [0.717, 1.165) is 44.5 Å². The molecule has 0 amide bonds. The molecule has 7 rings (SSSR count). The fraction of sp³-hybridized carbons (Fsp3) is 0.0323. The molecule has 0 aromatic heterocycles. The van der Waals surface area contributed by atoms with Crippen molar-refractivity contribution in [1.29, 1.82) is 0 Å². The van der Waals surface area contributed by atoms with Crippen LogP contribution in [-0.2, 0) is 5.41 Å². The molecule has 0 unspecified atom stereocenters. The summed E-state index contributed by atoms with van der Waals surface area (Å²) >= 11 is 0. The normalized spacial score (nSPS) is 16.2. The summed E-state index contributed by atoms with van der Waals surface area (Å²) in [6, 6.07) is 27.3. The topological polar surface area (TPSA) is 26.0 Å². The number of anilines is 1. The van der Waals surface area contributed by atoms with E-state index in [9.17, 15) is 0 Å². The number of rotatable bonds is 1. The van der Waals surface area contributed by atoms with Gasteiger partial charge in [-0.15, -0.1) is 0 Å². The molecule has 0 atom stereocenters. The maximum atomic E-state index is 8.57. The molecule has 2 N–H and O–H groups in total. The third-order valence-electron chi connectivity index (χ3n) is 6.90.